The standard InChI is InChI=1S/C16H15ClN2O2/c17-13-9-12(4-6-15(13)20)19-16(21)11-3-5-14-10(8-11)2-1-7-18-14/h3-6,8-9,18,20H,1-2,7H2,(H,19,21). The molecule has 108 valence electrons. The lowest BCUT2D eigenvalue weighted by Crippen LogP contribution is -2.15. The van der Waals surface area contributed by atoms with Gasteiger partial charge in [-0.25, -0.2) is 0 Å². The largest absolute Gasteiger partial charge is 0.506 e. The van der Waals surface area contributed by atoms with Gasteiger partial charge in [0.15, 0.2) is 0 Å². The zero-order valence-corrected chi connectivity index (χ0v) is 12.1. The Hall–Kier alpha value is -2.20. The summed E-state index contributed by atoms with van der Waals surface area (Å²) in [4.78, 5) is 12.3. The van der Waals surface area contributed by atoms with E-state index in [1.54, 1.807) is 12.1 Å². The number of phenols is 1. The second-order valence-electron chi connectivity index (χ2n) is 5.02. The summed E-state index contributed by atoms with van der Waals surface area (Å²) >= 11 is 5.83. The molecule has 0 atom stereocenters. The van der Waals surface area contributed by atoms with Crippen molar-refractivity contribution < 1.29 is 9.90 Å². The molecule has 0 unspecified atom stereocenters. The first kappa shape index (κ1) is 13.8. The molecule has 0 radical (unpaired) electrons. The Bertz CT molecular complexity index is 701. The number of carbonyl (C=O) groups is 1. The van der Waals surface area contributed by atoms with Crippen LogP contribution in [0.1, 0.15) is 22.3 Å². The lowest BCUT2D eigenvalue weighted by Gasteiger charge is -2.18. The predicted octanol–water partition coefficient (Wildman–Crippen LogP) is 3.66. The number of hydrogen-bond donors (Lipinski definition) is 3. The summed E-state index contributed by atoms with van der Waals surface area (Å²) < 4.78 is 0. The molecule has 0 spiro atoms. The molecule has 0 fully saturated rings. The minimum atomic E-state index is -0.190. The van der Waals surface area contributed by atoms with Crippen LogP contribution >= 0.6 is 11.6 Å². The lowest BCUT2D eigenvalue weighted by molar-refractivity contribution is 0.102. The van der Waals surface area contributed by atoms with Crippen LogP contribution in [0.4, 0.5) is 11.4 Å². The summed E-state index contributed by atoms with van der Waals surface area (Å²) in [6, 6.07) is 10.2. The molecule has 0 saturated carbocycles. The molecular weight excluding hydrogens is 288 g/mol. The van der Waals surface area contributed by atoms with Crippen molar-refractivity contribution >= 4 is 28.9 Å². The highest BCUT2D eigenvalue weighted by Gasteiger charge is 2.13. The Morgan fingerprint density at radius 2 is 2.10 bits per heavy atom. The van der Waals surface area contributed by atoms with Crippen molar-refractivity contribution in [2.24, 2.45) is 0 Å². The molecule has 3 N–H and O–H groups in total. The van der Waals surface area contributed by atoms with Gasteiger partial charge in [0, 0.05) is 23.5 Å². The molecule has 1 aliphatic rings. The van der Waals surface area contributed by atoms with Crippen LogP contribution in [0.15, 0.2) is 36.4 Å². The van der Waals surface area contributed by atoms with E-state index in [4.69, 9.17) is 11.6 Å². The van der Waals surface area contributed by atoms with Gasteiger partial charge >= 0.3 is 0 Å². The molecule has 1 amide bonds. The smallest absolute Gasteiger partial charge is 0.255 e. The van der Waals surface area contributed by atoms with Gasteiger partial charge in [-0.15, -0.1) is 0 Å². The Morgan fingerprint density at radius 1 is 1.24 bits per heavy atom. The van der Waals surface area contributed by atoms with Crippen molar-refractivity contribution in [2.75, 3.05) is 17.2 Å². The van der Waals surface area contributed by atoms with E-state index in [0.29, 0.717) is 11.3 Å². The number of hydrogen-bond acceptors (Lipinski definition) is 3. The summed E-state index contributed by atoms with van der Waals surface area (Å²) in [5.74, 6) is -0.195. The zero-order chi connectivity index (χ0) is 14.8. The molecule has 3 rings (SSSR count). The van der Waals surface area contributed by atoms with Crippen molar-refractivity contribution in [3.8, 4) is 5.75 Å². The average Bonchev–Trinajstić information content (AvgIpc) is 2.50. The van der Waals surface area contributed by atoms with Gasteiger partial charge < -0.3 is 15.7 Å². The Labute approximate surface area is 127 Å². The number of carbonyl (C=O) groups excluding carboxylic acids is 1. The Morgan fingerprint density at radius 3 is 2.90 bits per heavy atom. The molecule has 0 bridgehead atoms. The van der Waals surface area contributed by atoms with Crippen LogP contribution in [0.2, 0.25) is 5.02 Å². The van der Waals surface area contributed by atoms with Gasteiger partial charge in [0.2, 0.25) is 0 Å². The highest BCUT2D eigenvalue weighted by molar-refractivity contribution is 6.32. The van der Waals surface area contributed by atoms with Gasteiger partial charge in [-0.1, -0.05) is 11.6 Å². The van der Waals surface area contributed by atoms with E-state index in [0.717, 1.165) is 30.6 Å². The molecule has 0 aromatic heterocycles. The van der Waals surface area contributed by atoms with Crippen molar-refractivity contribution in [3.63, 3.8) is 0 Å². The maximum Gasteiger partial charge on any atom is 0.255 e. The fourth-order valence-electron chi connectivity index (χ4n) is 2.40. The average molecular weight is 303 g/mol. The molecule has 0 saturated heterocycles. The van der Waals surface area contributed by atoms with Gasteiger partial charge in [0.05, 0.1) is 5.02 Å². The fraction of sp³-hybridized carbons (Fsp3) is 0.188. The van der Waals surface area contributed by atoms with E-state index in [9.17, 15) is 9.90 Å². The van der Waals surface area contributed by atoms with Crippen LogP contribution < -0.4 is 10.6 Å². The van der Waals surface area contributed by atoms with Crippen LogP contribution in [0, 0.1) is 0 Å². The van der Waals surface area contributed by atoms with E-state index >= 15 is 0 Å². The van der Waals surface area contributed by atoms with Gasteiger partial charge in [-0.3, -0.25) is 4.79 Å². The number of aryl methyl sites for hydroxylation is 1. The van der Waals surface area contributed by atoms with E-state index < -0.39 is 0 Å². The molecule has 0 aliphatic carbocycles. The Kier molecular flexibility index (Phi) is 3.71. The predicted molar refractivity (Wildman–Crippen MR) is 84.3 cm³/mol. The summed E-state index contributed by atoms with van der Waals surface area (Å²) in [6.07, 6.45) is 2.06. The monoisotopic (exact) mass is 302 g/mol. The number of aromatic hydroxyl groups is 1. The lowest BCUT2D eigenvalue weighted by atomic mass is 10.0. The Balaban J connectivity index is 1.80. The van der Waals surface area contributed by atoms with Crippen LogP contribution in [0.5, 0.6) is 5.75 Å². The number of rotatable bonds is 2. The van der Waals surface area contributed by atoms with E-state index in [2.05, 4.69) is 10.6 Å². The van der Waals surface area contributed by atoms with E-state index in [1.807, 2.05) is 12.1 Å². The second kappa shape index (κ2) is 5.66. The van der Waals surface area contributed by atoms with Crippen LogP contribution in [0.25, 0.3) is 0 Å². The highest BCUT2D eigenvalue weighted by atomic mass is 35.5. The number of phenolic OH excluding ortho intramolecular Hbond substituents is 1. The van der Waals surface area contributed by atoms with Crippen molar-refractivity contribution in [3.05, 3.63) is 52.5 Å². The van der Waals surface area contributed by atoms with Crippen LogP contribution in [-0.2, 0) is 6.42 Å². The van der Waals surface area contributed by atoms with Gasteiger partial charge in [-0.2, -0.15) is 0 Å². The first-order valence-electron chi connectivity index (χ1n) is 6.80. The zero-order valence-electron chi connectivity index (χ0n) is 11.3. The minimum absolute atomic E-state index is 0.00507. The number of fused-ring (bicyclic) bond motifs is 1. The van der Waals surface area contributed by atoms with E-state index in [-0.39, 0.29) is 16.7 Å². The summed E-state index contributed by atoms with van der Waals surface area (Å²) in [7, 11) is 0. The summed E-state index contributed by atoms with van der Waals surface area (Å²) in [5.41, 5.74) is 3.43. The molecule has 21 heavy (non-hydrogen) atoms. The van der Waals surface area contributed by atoms with Crippen molar-refractivity contribution in [2.45, 2.75) is 12.8 Å². The quantitative estimate of drug-likeness (QED) is 0.742. The third-order valence-corrected chi connectivity index (χ3v) is 3.81. The maximum absolute atomic E-state index is 12.3. The van der Waals surface area contributed by atoms with Gasteiger partial charge in [-0.05, 0) is 54.8 Å². The molecule has 2 aromatic carbocycles. The highest BCUT2D eigenvalue weighted by Crippen LogP contribution is 2.27. The topological polar surface area (TPSA) is 61.4 Å². The third kappa shape index (κ3) is 2.95. The fourth-order valence-corrected chi connectivity index (χ4v) is 2.58. The molecule has 5 heteroatoms. The van der Waals surface area contributed by atoms with Crippen molar-refractivity contribution in [1.82, 2.24) is 0 Å². The molecule has 1 heterocycles. The third-order valence-electron chi connectivity index (χ3n) is 3.51. The number of nitrogens with one attached hydrogen (secondary N) is 2. The van der Waals surface area contributed by atoms with Crippen LogP contribution in [-0.4, -0.2) is 17.6 Å². The first-order chi connectivity index (χ1) is 10.1. The number of halogens is 1. The number of anilines is 2. The second-order valence-corrected chi connectivity index (χ2v) is 5.43. The molecule has 4 nitrogen and oxygen atoms in total. The summed E-state index contributed by atoms with van der Waals surface area (Å²) in [5, 5.41) is 15.7. The summed E-state index contributed by atoms with van der Waals surface area (Å²) in [6.45, 7) is 0.977. The normalized spacial score (nSPS) is 13.2. The van der Waals surface area contributed by atoms with Crippen molar-refractivity contribution in [1.29, 1.82) is 0 Å². The minimum Gasteiger partial charge on any atom is -0.506 e. The van der Waals surface area contributed by atoms with Gasteiger partial charge in [0.1, 0.15) is 5.75 Å². The number of amides is 1. The molecular formula is C16H15ClN2O2. The maximum atomic E-state index is 12.3. The SMILES string of the molecule is O=C(Nc1ccc(O)c(Cl)c1)c1ccc2c(c1)CCCN2. The van der Waals surface area contributed by atoms with Crippen LogP contribution in [0.3, 0.4) is 0 Å². The number of benzene rings is 2. The molecule has 1 aliphatic heterocycles. The van der Waals surface area contributed by atoms with E-state index in [1.165, 1.54) is 12.1 Å². The molecule has 2 aromatic rings. The van der Waals surface area contributed by atoms with Gasteiger partial charge in [0.25, 0.3) is 5.91 Å². The first-order valence-corrected chi connectivity index (χ1v) is 7.18.